The molecule has 0 unspecified atom stereocenters. The third-order valence-corrected chi connectivity index (χ3v) is 3.34. The maximum atomic E-state index is 10.5. The van der Waals surface area contributed by atoms with Crippen LogP contribution < -0.4 is 0 Å². The van der Waals surface area contributed by atoms with E-state index in [0.29, 0.717) is 11.3 Å². The van der Waals surface area contributed by atoms with Gasteiger partial charge >= 0.3 is 11.9 Å². The van der Waals surface area contributed by atoms with Crippen molar-refractivity contribution < 1.29 is 24.9 Å². The molecule has 0 aromatic heterocycles. The first kappa shape index (κ1) is 17.0. The second-order valence-electron chi connectivity index (χ2n) is 5.20. The molecule has 0 amide bonds. The zero-order valence-corrected chi connectivity index (χ0v) is 12.9. The van der Waals surface area contributed by atoms with Gasteiger partial charge in [0.05, 0.1) is 11.1 Å². The molecule has 0 bridgehead atoms. The van der Waals surface area contributed by atoms with Crippen LogP contribution in [0.15, 0.2) is 60.7 Å². The van der Waals surface area contributed by atoms with Crippen LogP contribution in [0.25, 0.3) is 10.8 Å². The molecule has 0 saturated carbocycles. The first-order valence-electron chi connectivity index (χ1n) is 7.13. The smallest absolute Gasteiger partial charge is 0.335 e. The van der Waals surface area contributed by atoms with Crippen molar-refractivity contribution in [3.05, 3.63) is 77.4 Å². The van der Waals surface area contributed by atoms with Crippen LogP contribution in [0.5, 0.6) is 5.75 Å². The Bertz CT molecular complexity index is 862. The minimum Gasteiger partial charge on any atom is -0.507 e. The Balaban J connectivity index is 0.000000175. The molecule has 3 aromatic rings. The molecule has 0 heterocycles. The van der Waals surface area contributed by atoms with Gasteiger partial charge in [0.1, 0.15) is 5.75 Å². The highest BCUT2D eigenvalue weighted by Crippen LogP contribution is 2.22. The number of carboxylic acid groups (broad SMARTS) is 2. The summed E-state index contributed by atoms with van der Waals surface area (Å²) in [5.41, 5.74) is 0.618. The first-order valence-corrected chi connectivity index (χ1v) is 7.13. The normalized spacial score (nSPS) is 9.88. The Morgan fingerprint density at radius 2 is 1.33 bits per heavy atom. The number of benzene rings is 3. The van der Waals surface area contributed by atoms with Crippen LogP contribution in [-0.4, -0.2) is 27.3 Å². The van der Waals surface area contributed by atoms with E-state index < -0.39 is 11.9 Å². The van der Waals surface area contributed by atoms with Crippen LogP contribution in [0.2, 0.25) is 0 Å². The lowest BCUT2D eigenvalue weighted by Gasteiger charge is -1.99. The maximum absolute atomic E-state index is 10.5. The van der Waals surface area contributed by atoms with Crippen LogP contribution >= 0.6 is 0 Å². The summed E-state index contributed by atoms with van der Waals surface area (Å²) in [6.45, 7) is 1.65. The fourth-order valence-corrected chi connectivity index (χ4v) is 2.24. The van der Waals surface area contributed by atoms with E-state index in [2.05, 4.69) is 0 Å². The molecule has 3 rings (SSSR count). The van der Waals surface area contributed by atoms with E-state index in [0.717, 1.165) is 16.8 Å². The number of carbonyl (C=O) groups is 2. The van der Waals surface area contributed by atoms with Crippen molar-refractivity contribution in [1.82, 2.24) is 0 Å². The number of hydrogen-bond acceptors (Lipinski definition) is 3. The van der Waals surface area contributed by atoms with Crippen molar-refractivity contribution in [2.75, 3.05) is 0 Å². The average molecular weight is 324 g/mol. The largest absolute Gasteiger partial charge is 0.507 e. The number of rotatable bonds is 2. The summed E-state index contributed by atoms with van der Waals surface area (Å²) in [6.07, 6.45) is 0. The summed E-state index contributed by atoms with van der Waals surface area (Å²) in [5, 5.41) is 28.6. The molecule has 3 N–H and O–H groups in total. The van der Waals surface area contributed by atoms with Crippen LogP contribution in [-0.2, 0) is 0 Å². The molecule has 3 aromatic carbocycles. The van der Waals surface area contributed by atoms with E-state index in [1.165, 1.54) is 12.1 Å². The molecule has 0 aliphatic rings. The Morgan fingerprint density at radius 1 is 0.792 bits per heavy atom. The summed E-state index contributed by atoms with van der Waals surface area (Å²) in [6, 6.07) is 17.3. The number of aryl methyl sites for hydroxylation is 1. The zero-order valence-electron chi connectivity index (χ0n) is 12.9. The molecular formula is C19H16O5. The number of aromatic hydroxyl groups is 1. The van der Waals surface area contributed by atoms with Crippen molar-refractivity contribution in [1.29, 1.82) is 0 Å². The first-order chi connectivity index (χ1) is 11.4. The Kier molecular flexibility index (Phi) is 5.16. The molecule has 0 radical (unpaired) electrons. The van der Waals surface area contributed by atoms with Crippen LogP contribution in [0.3, 0.4) is 0 Å². The van der Waals surface area contributed by atoms with Gasteiger partial charge in [0, 0.05) is 5.39 Å². The molecule has 0 atom stereocenters. The summed E-state index contributed by atoms with van der Waals surface area (Å²) in [7, 11) is 0. The third-order valence-electron chi connectivity index (χ3n) is 3.34. The maximum Gasteiger partial charge on any atom is 0.335 e. The molecule has 0 aliphatic carbocycles. The molecule has 0 fully saturated rings. The van der Waals surface area contributed by atoms with Crippen molar-refractivity contribution in [3.8, 4) is 5.75 Å². The monoisotopic (exact) mass is 324 g/mol. The highest BCUT2D eigenvalue weighted by molar-refractivity contribution is 5.94. The zero-order chi connectivity index (χ0) is 17.7. The van der Waals surface area contributed by atoms with Crippen LogP contribution in [0.1, 0.15) is 26.3 Å². The van der Waals surface area contributed by atoms with Crippen molar-refractivity contribution in [3.63, 3.8) is 0 Å². The Morgan fingerprint density at radius 3 is 1.88 bits per heavy atom. The van der Waals surface area contributed by atoms with E-state index >= 15 is 0 Å². The number of phenolic OH excluding ortho intramolecular Hbond substituents is 1. The lowest BCUT2D eigenvalue weighted by atomic mass is 10.1. The summed E-state index contributed by atoms with van der Waals surface area (Å²) in [5.74, 6) is -1.89. The predicted octanol–water partition coefficient (Wildman–Crippen LogP) is 3.94. The fourth-order valence-electron chi connectivity index (χ4n) is 2.24. The van der Waals surface area contributed by atoms with Gasteiger partial charge in [-0.25, -0.2) is 9.59 Å². The van der Waals surface area contributed by atoms with Gasteiger partial charge in [0.15, 0.2) is 0 Å². The quantitative estimate of drug-likeness (QED) is 0.664. The fraction of sp³-hybridized carbons (Fsp3) is 0.0526. The molecule has 0 spiro atoms. The number of fused-ring (bicyclic) bond motifs is 1. The minimum atomic E-state index is -1.12. The number of hydrogen-bond donors (Lipinski definition) is 3. The standard InChI is InChI=1S/C10H8O.C9H8O4/c11-10-7-3-5-8-4-1-2-6-9(8)10;1-5-2-6(8(10)11)4-7(3-5)9(12)13/h1-7,11H;2-4H,1H3,(H,10,11)(H,12,13). The molecule has 5 heteroatoms. The summed E-state index contributed by atoms with van der Waals surface area (Å²) < 4.78 is 0. The van der Waals surface area contributed by atoms with Crippen molar-refractivity contribution >= 4 is 22.7 Å². The van der Waals surface area contributed by atoms with Gasteiger partial charge < -0.3 is 15.3 Å². The lowest BCUT2D eigenvalue weighted by molar-refractivity contribution is 0.0696. The van der Waals surface area contributed by atoms with Gasteiger partial charge in [0.25, 0.3) is 0 Å². The molecule has 0 aliphatic heterocycles. The molecular weight excluding hydrogens is 308 g/mol. The van der Waals surface area contributed by atoms with Crippen molar-refractivity contribution in [2.45, 2.75) is 6.92 Å². The number of carboxylic acids is 2. The molecule has 0 saturated heterocycles. The second kappa shape index (κ2) is 7.28. The molecule has 122 valence electrons. The summed E-state index contributed by atoms with van der Waals surface area (Å²) >= 11 is 0. The number of aromatic carboxylic acids is 2. The van der Waals surface area contributed by atoms with E-state index in [1.54, 1.807) is 13.0 Å². The lowest BCUT2D eigenvalue weighted by Crippen LogP contribution is -2.02. The average Bonchev–Trinajstić information content (AvgIpc) is 2.55. The van der Waals surface area contributed by atoms with E-state index in [-0.39, 0.29) is 11.1 Å². The number of phenols is 1. The molecule has 24 heavy (non-hydrogen) atoms. The van der Waals surface area contributed by atoms with E-state index in [1.807, 2.05) is 36.4 Å². The summed E-state index contributed by atoms with van der Waals surface area (Å²) in [4.78, 5) is 21.1. The molecule has 5 nitrogen and oxygen atoms in total. The van der Waals surface area contributed by atoms with Gasteiger partial charge in [-0.2, -0.15) is 0 Å². The third kappa shape index (κ3) is 4.10. The second-order valence-corrected chi connectivity index (χ2v) is 5.20. The van der Waals surface area contributed by atoms with Gasteiger partial charge in [-0.15, -0.1) is 0 Å². The van der Waals surface area contributed by atoms with Gasteiger partial charge in [-0.1, -0.05) is 36.4 Å². The minimum absolute atomic E-state index is 0.00241. The Hall–Kier alpha value is -3.34. The van der Waals surface area contributed by atoms with E-state index in [4.69, 9.17) is 10.2 Å². The topological polar surface area (TPSA) is 94.8 Å². The van der Waals surface area contributed by atoms with Gasteiger partial charge in [-0.05, 0) is 42.1 Å². The van der Waals surface area contributed by atoms with Gasteiger partial charge in [-0.3, -0.25) is 0 Å². The van der Waals surface area contributed by atoms with Gasteiger partial charge in [0.2, 0.25) is 0 Å². The SMILES string of the molecule is Cc1cc(C(=O)O)cc(C(=O)O)c1.Oc1cccc2ccccc12. The van der Waals surface area contributed by atoms with Crippen LogP contribution in [0.4, 0.5) is 0 Å². The highest BCUT2D eigenvalue weighted by atomic mass is 16.4. The van der Waals surface area contributed by atoms with E-state index in [9.17, 15) is 14.7 Å². The van der Waals surface area contributed by atoms with Crippen molar-refractivity contribution in [2.24, 2.45) is 0 Å². The van der Waals surface area contributed by atoms with Crippen LogP contribution in [0, 0.1) is 6.92 Å². The Labute approximate surface area is 138 Å². The highest BCUT2D eigenvalue weighted by Gasteiger charge is 2.09. The predicted molar refractivity (Wildman–Crippen MR) is 90.7 cm³/mol.